The predicted molar refractivity (Wildman–Crippen MR) is 70.7 cm³/mol. The van der Waals surface area contributed by atoms with Crippen LogP contribution in [0.2, 0.25) is 0 Å². The van der Waals surface area contributed by atoms with E-state index >= 15 is 0 Å². The third-order valence-electron chi connectivity index (χ3n) is 3.42. The number of hydrogen-bond donors (Lipinski definition) is 2. The Morgan fingerprint density at radius 3 is 2.61 bits per heavy atom. The lowest BCUT2D eigenvalue weighted by atomic mass is 9.95. The van der Waals surface area contributed by atoms with Gasteiger partial charge in [0.15, 0.2) is 0 Å². The van der Waals surface area contributed by atoms with E-state index in [1.54, 1.807) is 14.0 Å². The van der Waals surface area contributed by atoms with Crippen LogP contribution in [0, 0.1) is 13.8 Å². The second-order valence-electron chi connectivity index (χ2n) is 4.99. The standard InChI is InChI=1S/C13H23N3O2/c1-10-9-11(2)16(15-10)8-6-5-7-13(3,14-4)12(17)18/h9,14H,5-8H2,1-4H3,(H,17,18). The molecule has 1 atom stereocenters. The van der Waals surface area contributed by atoms with Gasteiger partial charge in [0.2, 0.25) is 0 Å². The first kappa shape index (κ1) is 14.7. The first-order valence-corrected chi connectivity index (χ1v) is 6.32. The van der Waals surface area contributed by atoms with Gasteiger partial charge in [-0.3, -0.25) is 9.48 Å². The Hall–Kier alpha value is -1.36. The molecule has 0 aliphatic rings. The zero-order chi connectivity index (χ0) is 13.8. The van der Waals surface area contributed by atoms with E-state index in [0.29, 0.717) is 6.42 Å². The van der Waals surface area contributed by atoms with Crippen molar-refractivity contribution in [3.05, 3.63) is 17.5 Å². The van der Waals surface area contributed by atoms with Crippen LogP contribution in [0.1, 0.15) is 37.6 Å². The molecule has 5 nitrogen and oxygen atoms in total. The summed E-state index contributed by atoms with van der Waals surface area (Å²) in [6, 6.07) is 2.05. The number of aliphatic carboxylic acids is 1. The number of aromatic nitrogens is 2. The van der Waals surface area contributed by atoms with E-state index in [1.165, 1.54) is 0 Å². The molecule has 0 amide bonds. The lowest BCUT2D eigenvalue weighted by Crippen LogP contribution is -2.47. The van der Waals surface area contributed by atoms with Gasteiger partial charge in [-0.1, -0.05) is 0 Å². The van der Waals surface area contributed by atoms with Crippen LogP contribution in [0.15, 0.2) is 6.07 Å². The van der Waals surface area contributed by atoms with E-state index in [1.807, 2.05) is 18.5 Å². The topological polar surface area (TPSA) is 67.2 Å². The minimum atomic E-state index is -0.824. The van der Waals surface area contributed by atoms with E-state index < -0.39 is 11.5 Å². The first-order valence-electron chi connectivity index (χ1n) is 6.32. The highest BCUT2D eigenvalue weighted by atomic mass is 16.4. The fourth-order valence-corrected chi connectivity index (χ4v) is 1.98. The summed E-state index contributed by atoms with van der Waals surface area (Å²) >= 11 is 0. The second kappa shape index (κ2) is 6.00. The van der Waals surface area contributed by atoms with Crippen LogP contribution >= 0.6 is 0 Å². The van der Waals surface area contributed by atoms with Gasteiger partial charge in [-0.2, -0.15) is 5.10 Å². The Morgan fingerprint density at radius 1 is 1.50 bits per heavy atom. The largest absolute Gasteiger partial charge is 0.480 e. The van der Waals surface area contributed by atoms with Gasteiger partial charge in [-0.05, 0) is 53.1 Å². The van der Waals surface area contributed by atoms with E-state index in [4.69, 9.17) is 5.11 Å². The number of carboxylic acid groups (broad SMARTS) is 1. The molecule has 0 saturated carbocycles. The molecule has 0 aliphatic heterocycles. The van der Waals surface area contributed by atoms with Gasteiger partial charge in [0.05, 0.1) is 5.69 Å². The summed E-state index contributed by atoms with van der Waals surface area (Å²) in [4.78, 5) is 11.1. The Labute approximate surface area is 108 Å². The maximum Gasteiger partial charge on any atom is 0.323 e. The molecule has 5 heteroatoms. The number of nitrogens with one attached hydrogen (secondary N) is 1. The van der Waals surface area contributed by atoms with Gasteiger partial charge in [0, 0.05) is 12.2 Å². The van der Waals surface area contributed by atoms with Crippen molar-refractivity contribution in [2.24, 2.45) is 0 Å². The van der Waals surface area contributed by atoms with Crippen LogP contribution in [0.25, 0.3) is 0 Å². The number of carbonyl (C=O) groups is 1. The maximum atomic E-state index is 11.1. The Balaban J connectivity index is 2.39. The molecule has 102 valence electrons. The molecule has 0 saturated heterocycles. The highest BCUT2D eigenvalue weighted by Crippen LogP contribution is 2.14. The smallest absolute Gasteiger partial charge is 0.323 e. The summed E-state index contributed by atoms with van der Waals surface area (Å²) in [7, 11) is 1.69. The number of carboxylic acids is 1. The van der Waals surface area contributed by atoms with Crippen LogP contribution in [0.4, 0.5) is 0 Å². The van der Waals surface area contributed by atoms with Crippen molar-refractivity contribution in [1.29, 1.82) is 0 Å². The molecular formula is C13H23N3O2. The third-order valence-corrected chi connectivity index (χ3v) is 3.42. The fourth-order valence-electron chi connectivity index (χ4n) is 1.98. The van der Waals surface area contributed by atoms with Crippen LogP contribution < -0.4 is 5.32 Å². The fraction of sp³-hybridized carbons (Fsp3) is 0.692. The monoisotopic (exact) mass is 253 g/mol. The Kier molecular flexibility index (Phi) is 4.90. The normalized spacial score (nSPS) is 14.4. The van der Waals surface area contributed by atoms with Crippen molar-refractivity contribution < 1.29 is 9.90 Å². The predicted octanol–water partition coefficient (Wildman–Crippen LogP) is 1.73. The molecule has 0 spiro atoms. The molecule has 2 N–H and O–H groups in total. The van der Waals surface area contributed by atoms with Gasteiger partial charge in [0.1, 0.15) is 5.54 Å². The number of unbranched alkanes of at least 4 members (excludes halogenated alkanes) is 1. The molecule has 1 aromatic heterocycles. The number of rotatable bonds is 7. The van der Waals surface area contributed by atoms with Crippen LogP contribution in [-0.4, -0.2) is 33.4 Å². The van der Waals surface area contributed by atoms with E-state index in [-0.39, 0.29) is 0 Å². The first-order chi connectivity index (χ1) is 8.39. The van der Waals surface area contributed by atoms with Crippen molar-refractivity contribution >= 4 is 5.97 Å². The average Bonchev–Trinajstić information content (AvgIpc) is 2.63. The van der Waals surface area contributed by atoms with Crippen molar-refractivity contribution in [2.75, 3.05) is 7.05 Å². The van der Waals surface area contributed by atoms with Crippen LogP contribution in [0.3, 0.4) is 0 Å². The molecule has 0 bridgehead atoms. The van der Waals surface area contributed by atoms with Crippen molar-refractivity contribution in [1.82, 2.24) is 15.1 Å². The van der Waals surface area contributed by atoms with E-state index in [0.717, 1.165) is 30.8 Å². The molecular weight excluding hydrogens is 230 g/mol. The van der Waals surface area contributed by atoms with Crippen LogP contribution in [-0.2, 0) is 11.3 Å². The SMILES string of the molecule is CNC(C)(CCCCn1nc(C)cc1C)C(=O)O. The molecule has 1 heterocycles. The number of likely N-dealkylation sites (N-methyl/N-ethyl adjacent to an activating group) is 1. The molecule has 1 rings (SSSR count). The van der Waals surface area contributed by atoms with E-state index in [9.17, 15) is 4.79 Å². The highest BCUT2D eigenvalue weighted by Gasteiger charge is 2.30. The van der Waals surface area contributed by atoms with Crippen molar-refractivity contribution in [3.63, 3.8) is 0 Å². The summed E-state index contributed by atoms with van der Waals surface area (Å²) in [5, 5.41) is 16.4. The minimum Gasteiger partial charge on any atom is -0.480 e. The molecule has 1 unspecified atom stereocenters. The molecule has 0 radical (unpaired) electrons. The second-order valence-corrected chi connectivity index (χ2v) is 4.99. The third kappa shape index (κ3) is 3.57. The zero-order valence-corrected chi connectivity index (χ0v) is 11.7. The van der Waals surface area contributed by atoms with Gasteiger partial charge in [-0.15, -0.1) is 0 Å². The van der Waals surface area contributed by atoms with Crippen molar-refractivity contribution in [3.8, 4) is 0 Å². The summed E-state index contributed by atoms with van der Waals surface area (Å²) in [6.45, 7) is 6.58. The quantitative estimate of drug-likeness (QED) is 0.726. The van der Waals surface area contributed by atoms with Crippen molar-refractivity contribution in [2.45, 2.75) is 52.1 Å². The zero-order valence-electron chi connectivity index (χ0n) is 11.7. The van der Waals surface area contributed by atoms with Gasteiger partial charge in [-0.25, -0.2) is 0 Å². The average molecular weight is 253 g/mol. The molecule has 1 aromatic rings. The summed E-state index contributed by atoms with van der Waals surface area (Å²) in [5.74, 6) is -0.795. The van der Waals surface area contributed by atoms with Gasteiger partial charge in [0.25, 0.3) is 0 Å². The van der Waals surface area contributed by atoms with Gasteiger partial charge >= 0.3 is 5.97 Å². The molecule has 18 heavy (non-hydrogen) atoms. The number of aryl methyl sites for hydroxylation is 3. The summed E-state index contributed by atoms with van der Waals surface area (Å²) in [6.07, 6.45) is 2.42. The lowest BCUT2D eigenvalue weighted by molar-refractivity contribution is -0.144. The Bertz CT molecular complexity index is 414. The Morgan fingerprint density at radius 2 is 2.17 bits per heavy atom. The lowest BCUT2D eigenvalue weighted by Gasteiger charge is -2.23. The summed E-state index contributed by atoms with van der Waals surface area (Å²) < 4.78 is 1.98. The number of nitrogens with zero attached hydrogens (tertiary/aromatic N) is 2. The molecule has 0 fully saturated rings. The van der Waals surface area contributed by atoms with Crippen LogP contribution in [0.5, 0.6) is 0 Å². The molecule has 0 aromatic carbocycles. The molecule has 0 aliphatic carbocycles. The summed E-state index contributed by atoms with van der Waals surface area (Å²) in [5.41, 5.74) is 1.36. The van der Waals surface area contributed by atoms with Gasteiger partial charge < -0.3 is 10.4 Å². The van der Waals surface area contributed by atoms with E-state index in [2.05, 4.69) is 16.5 Å². The maximum absolute atomic E-state index is 11.1. The minimum absolute atomic E-state index is 0.623. The number of hydrogen-bond acceptors (Lipinski definition) is 3. The highest BCUT2D eigenvalue weighted by molar-refractivity contribution is 5.78.